The smallest absolute Gasteiger partial charge is 0.434 e. The van der Waals surface area contributed by atoms with Crippen LogP contribution in [0.2, 0.25) is 0 Å². The van der Waals surface area contributed by atoms with Crippen LogP contribution in [0.3, 0.4) is 0 Å². The van der Waals surface area contributed by atoms with Crippen molar-refractivity contribution < 1.29 is 57.4 Å². The molecule has 16 heterocycles. The van der Waals surface area contributed by atoms with E-state index >= 15 is 0 Å². The minimum absolute atomic E-state index is 0.0472. The molecule has 0 saturated heterocycles. The fourth-order valence-electron chi connectivity index (χ4n) is 20.1. The number of nitrogens with zero attached hydrogens (tertiary/aromatic N) is 24. The molecule has 0 aliphatic carbocycles. The summed E-state index contributed by atoms with van der Waals surface area (Å²) >= 11 is 0. The Morgan fingerprint density at radius 1 is 0.306 bits per heavy atom. The number of pyridine rings is 4. The molecule has 0 radical (unpaired) electrons. The van der Waals surface area contributed by atoms with Crippen LogP contribution in [0.1, 0.15) is 204 Å². The minimum atomic E-state index is -4.48. The maximum Gasteiger partial charge on any atom is 0.434 e. The van der Waals surface area contributed by atoms with Crippen LogP contribution in [-0.2, 0) is 85.6 Å². The first-order valence-corrected chi connectivity index (χ1v) is 47.9. The van der Waals surface area contributed by atoms with Crippen LogP contribution in [0.5, 0.6) is 6.01 Å². The first-order valence-electron chi connectivity index (χ1n) is 47.9. The number of benzene rings is 4. The van der Waals surface area contributed by atoms with Crippen molar-refractivity contribution in [3.8, 4) is 96.6 Å². The molecule has 25 nitrogen and oxygen atoms in total. The second-order valence-electron chi connectivity index (χ2n) is 38.0. The SMILES string of the molecule is COc1nc(-c2cccnc2C(C)C)c2n1CCN(c1ccc(-c3nc(C(F)(F)F)cn3C)cc1)C2.Cc1nc(-c2cccnc2C(C)C)c2n1CCN(c1ccc(-c3nc(C(F)(F)F)cn3C)cc1)C2C.Cc1nc(-c2cccnc2C(C)C)c2n1CCN(c1ccc(-c3nc(C(F)(F)F)cn3C)cc1)[C@@H]2C.Cc1nc(-c2cccnc2C(C)C)c2n1CCN(c1ccc(-c3nc(C(F)(F)F)cn3C)cc1)[C@H]2C. The Hall–Kier alpha value is -14.7. The van der Waals surface area contributed by atoms with Crippen molar-refractivity contribution in [1.29, 1.82) is 0 Å². The van der Waals surface area contributed by atoms with Gasteiger partial charge >= 0.3 is 24.7 Å². The molecule has 3 atom stereocenters. The van der Waals surface area contributed by atoms with E-state index in [1.165, 1.54) is 18.3 Å². The van der Waals surface area contributed by atoms with E-state index in [0.29, 0.717) is 41.4 Å². The molecule has 0 bridgehead atoms. The number of aromatic nitrogens is 20. The average molecular weight is 1980 g/mol. The molecule has 1 unspecified atom stereocenters. The summed E-state index contributed by atoms with van der Waals surface area (Å²) < 4.78 is 177. The summed E-state index contributed by atoms with van der Waals surface area (Å²) in [6.45, 7) is 36.5. The summed E-state index contributed by atoms with van der Waals surface area (Å²) in [5.41, 5.74) is 19.4. The van der Waals surface area contributed by atoms with E-state index in [4.69, 9.17) is 24.7 Å². The number of hydrogen-bond acceptors (Lipinski definition) is 17. The Labute approximate surface area is 827 Å². The zero-order chi connectivity index (χ0) is 103. The lowest BCUT2D eigenvalue weighted by Crippen LogP contribution is -2.37. The van der Waals surface area contributed by atoms with Crippen molar-refractivity contribution in [3.63, 3.8) is 0 Å². The number of alkyl halides is 12. The summed E-state index contributed by atoms with van der Waals surface area (Å²) in [4.78, 5) is 62.6. The van der Waals surface area contributed by atoms with Gasteiger partial charge in [0.2, 0.25) is 0 Å². The standard InChI is InChI=1S/3C27H29F3N6.C26H27F3N6O/c3*1-16(2)23-21(7-6-12-31-23)24-25-17(3)35(13-14-36(25)18(4)32-24)20-10-8-19(9-11-20)26-33-22(15-34(26)5)27(28,29)30;1-16(2)22-19(6-5-11-30-22)23-20-14-34(12-13-35(20)25(32-23)36-4)18-9-7-17(8-10-18)24-31-21(15-33(24)3)26(27,28)29/h3*6-12,15-17H,13-14H2,1-5H3;5-11,15-16H,12-14H2,1-4H3/t2*17-;;/m10../s1. The molecule has 4 aromatic carbocycles. The third-order valence-corrected chi connectivity index (χ3v) is 27.1. The highest BCUT2D eigenvalue weighted by atomic mass is 19.4. The molecule has 0 saturated carbocycles. The second-order valence-corrected chi connectivity index (χ2v) is 38.0. The Morgan fingerprint density at radius 3 is 0.799 bits per heavy atom. The molecule has 752 valence electrons. The van der Waals surface area contributed by atoms with Crippen molar-refractivity contribution in [2.75, 3.05) is 52.9 Å². The molecule has 0 N–H and O–H groups in total. The predicted octanol–water partition coefficient (Wildman–Crippen LogP) is 24.6. The Bertz CT molecular complexity index is 6790. The first kappa shape index (κ1) is 101. The summed E-state index contributed by atoms with van der Waals surface area (Å²) in [5.74, 6) is 5.12. The molecule has 4 aliphatic rings. The van der Waals surface area contributed by atoms with Gasteiger partial charge in [0.25, 0.3) is 6.01 Å². The third kappa shape index (κ3) is 19.9. The number of fused-ring (bicyclic) bond motifs is 4. The molecular weight excluding hydrogens is 1870 g/mol. The molecule has 20 rings (SSSR count). The lowest BCUT2D eigenvalue weighted by Gasteiger charge is -2.37. The maximum absolute atomic E-state index is 13.1. The number of anilines is 4. The number of ether oxygens (including phenoxy) is 1. The predicted molar refractivity (Wildman–Crippen MR) is 532 cm³/mol. The van der Waals surface area contributed by atoms with Crippen LogP contribution in [0.25, 0.3) is 90.6 Å². The summed E-state index contributed by atoms with van der Waals surface area (Å²) in [7, 11) is 7.92. The highest BCUT2D eigenvalue weighted by Crippen LogP contribution is 2.47. The maximum atomic E-state index is 13.1. The van der Waals surface area contributed by atoms with Crippen LogP contribution >= 0.6 is 0 Å². The van der Waals surface area contributed by atoms with Crippen LogP contribution in [-0.4, -0.2) is 130 Å². The van der Waals surface area contributed by atoms with E-state index in [2.05, 4.69) is 172 Å². The summed E-state index contributed by atoms with van der Waals surface area (Å²) in [6, 6.07) is 47.0. The highest BCUT2D eigenvalue weighted by Gasteiger charge is 2.42. The van der Waals surface area contributed by atoms with Gasteiger partial charge in [0, 0.05) is 197 Å². The van der Waals surface area contributed by atoms with Crippen molar-refractivity contribution in [2.24, 2.45) is 28.2 Å². The zero-order valence-corrected chi connectivity index (χ0v) is 83.6. The molecule has 0 amide bonds. The van der Waals surface area contributed by atoms with Crippen molar-refractivity contribution in [3.05, 3.63) is 281 Å². The molecular formula is C107H114F12N24O. The van der Waals surface area contributed by atoms with Gasteiger partial charge in [-0.05, 0) is 211 Å². The van der Waals surface area contributed by atoms with E-state index in [1.54, 1.807) is 41.5 Å². The van der Waals surface area contributed by atoms with Gasteiger partial charge in [-0.15, -0.1) is 0 Å². The van der Waals surface area contributed by atoms with Crippen molar-refractivity contribution in [2.45, 2.75) is 196 Å². The fourth-order valence-corrected chi connectivity index (χ4v) is 20.1. The normalized spacial score (nSPS) is 15.5. The summed E-state index contributed by atoms with van der Waals surface area (Å²) in [6.07, 6.45) is -6.56. The molecule has 144 heavy (non-hydrogen) atoms. The van der Waals surface area contributed by atoms with E-state index in [0.717, 1.165) is 201 Å². The van der Waals surface area contributed by atoms with Crippen molar-refractivity contribution >= 4 is 22.7 Å². The van der Waals surface area contributed by atoms with Crippen LogP contribution < -0.4 is 24.3 Å². The minimum Gasteiger partial charge on any atom is -0.468 e. The number of hydrogen-bond donors (Lipinski definition) is 0. The quantitative estimate of drug-likeness (QED) is 0.0774. The molecule has 16 aromatic rings. The van der Waals surface area contributed by atoms with Crippen LogP contribution in [0.15, 0.2) is 195 Å². The van der Waals surface area contributed by atoms with Gasteiger partial charge in [0.05, 0.1) is 100 Å². The zero-order valence-electron chi connectivity index (χ0n) is 83.6. The van der Waals surface area contributed by atoms with Gasteiger partial charge in [0.15, 0.2) is 22.8 Å². The van der Waals surface area contributed by atoms with Gasteiger partial charge in [-0.3, -0.25) is 24.5 Å². The van der Waals surface area contributed by atoms with Gasteiger partial charge < -0.3 is 56.3 Å². The Morgan fingerprint density at radius 2 is 0.556 bits per heavy atom. The molecule has 0 fully saturated rings. The lowest BCUT2D eigenvalue weighted by molar-refractivity contribution is -0.141. The van der Waals surface area contributed by atoms with E-state index < -0.39 is 47.5 Å². The molecule has 12 aromatic heterocycles. The van der Waals surface area contributed by atoms with E-state index in [-0.39, 0.29) is 65.1 Å². The number of aryl methyl sites for hydroxylation is 7. The van der Waals surface area contributed by atoms with E-state index in [9.17, 15) is 52.7 Å². The number of imidazole rings is 8. The third-order valence-electron chi connectivity index (χ3n) is 27.1. The molecule has 4 aliphatic heterocycles. The van der Waals surface area contributed by atoms with Crippen LogP contribution in [0.4, 0.5) is 75.4 Å². The largest absolute Gasteiger partial charge is 0.468 e. The van der Waals surface area contributed by atoms with Crippen molar-refractivity contribution in [1.82, 2.24) is 96.3 Å². The van der Waals surface area contributed by atoms with E-state index in [1.807, 2.05) is 167 Å². The monoisotopic (exact) mass is 1980 g/mol. The topological polar surface area (TPSA) is 216 Å². The fraction of sp³-hybridized carbons (Fsp3) is 0.364. The summed E-state index contributed by atoms with van der Waals surface area (Å²) in [5, 5.41) is 0. The van der Waals surface area contributed by atoms with Crippen LogP contribution in [0, 0.1) is 20.8 Å². The van der Waals surface area contributed by atoms with Gasteiger partial charge in [0.1, 0.15) is 40.8 Å². The number of halogens is 12. The number of rotatable bonds is 17. The van der Waals surface area contributed by atoms with Gasteiger partial charge in [-0.2, -0.15) is 57.7 Å². The first-order chi connectivity index (χ1) is 68.3. The molecule has 37 heteroatoms. The Balaban J connectivity index is 0.000000132. The highest BCUT2D eigenvalue weighted by molar-refractivity contribution is 5.74. The number of methoxy groups -OCH3 is 1. The molecule has 0 spiro atoms. The lowest BCUT2D eigenvalue weighted by atomic mass is 9.97. The second kappa shape index (κ2) is 39.9. The Kier molecular flexibility index (Phi) is 27.9. The van der Waals surface area contributed by atoms with Gasteiger partial charge in [-0.1, -0.05) is 55.4 Å². The van der Waals surface area contributed by atoms with Gasteiger partial charge in [-0.25, -0.2) is 34.9 Å². The average Bonchev–Trinajstić information content (AvgIpc) is 1.59.